The Morgan fingerprint density at radius 2 is 2.06 bits per heavy atom. The molecule has 1 aliphatic heterocycles. The van der Waals surface area contributed by atoms with Crippen LogP contribution in [0.2, 0.25) is 0 Å². The molecule has 1 heterocycles. The number of hydrogen-bond acceptors (Lipinski definition) is 4. The summed E-state index contributed by atoms with van der Waals surface area (Å²) in [5.41, 5.74) is -0.614. The quantitative estimate of drug-likeness (QED) is 0.739. The van der Waals surface area contributed by atoms with Gasteiger partial charge < -0.3 is 15.2 Å². The molecule has 0 radical (unpaired) electrons. The zero-order valence-electron chi connectivity index (χ0n) is 9.32. The van der Waals surface area contributed by atoms with Gasteiger partial charge in [-0.15, -0.1) is 0 Å². The second kappa shape index (κ2) is 6.10. The molecular formula is C10H17NO4S. The maximum atomic E-state index is 11.5. The van der Waals surface area contributed by atoms with Crippen LogP contribution in [0.25, 0.3) is 0 Å². The van der Waals surface area contributed by atoms with E-state index in [4.69, 9.17) is 9.84 Å². The molecule has 0 aromatic heterocycles. The van der Waals surface area contributed by atoms with Crippen molar-refractivity contribution in [3.8, 4) is 0 Å². The maximum absolute atomic E-state index is 11.5. The van der Waals surface area contributed by atoms with Gasteiger partial charge in [0.15, 0.2) is 0 Å². The summed E-state index contributed by atoms with van der Waals surface area (Å²) in [6, 6.07) is 0. The van der Waals surface area contributed by atoms with Crippen molar-refractivity contribution in [2.45, 2.75) is 24.8 Å². The summed E-state index contributed by atoms with van der Waals surface area (Å²) in [7, 11) is 0. The van der Waals surface area contributed by atoms with Crippen molar-refractivity contribution in [3.05, 3.63) is 0 Å². The van der Waals surface area contributed by atoms with Crippen LogP contribution in [0.15, 0.2) is 0 Å². The van der Waals surface area contributed by atoms with Gasteiger partial charge in [-0.3, -0.25) is 9.59 Å². The van der Waals surface area contributed by atoms with Gasteiger partial charge in [0.1, 0.15) is 0 Å². The lowest BCUT2D eigenvalue weighted by Gasteiger charge is -2.36. The summed E-state index contributed by atoms with van der Waals surface area (Å²) < 4.78 is 5.20. The molecule has 0 saturated carbocycles. The largest absolute Gasteiger partial charge is 0.481 e. The molecule has 1 fully saturated rings. The van der Waals surface area contributed by atoms with E-state index >= 15 is 0 Å². The molecule has 1 saturated heterocycles. The van der Waals surface area contributed by atoms with Gasteiger partial charge in [-0.05, 0) is 19.1 Å². The first-order chi connectivity index (χ1) is 7.58. The van der Waals surface area contributed by atoms with Crippen LogP contribution in [0.5, 0.6) is 0 Å². The van der Waals surface area contributed by atoms with Gasteiger partial charge in [0.25, 0.3) is 0 Å². The van der Waals surface area contributed by atoms with Crippen LogP contribution in [0.4, 0.5) is 0 Å². The Morgan fingerprint density at radius 3 is 2.56 bits per heavy atom. The number of carboxylic acids is 1. The minimum Gasteiger partial charge on any atom is -0.481 e. The van der Waals surface area contributed by atoms with Crippen LogP contribution in [-0.2, 0) is 14.3 Å². The normalized spacial score (nSPS) is 19.1. The fraction of sp³-hybridized carbons (Fsp3) is 0.800. The molecule has 16 heavy (non-hydrogen) atoms. The Kier molecular flexibility index (Phi) is 5.08. The van der Waals surface area contributed by atoms with Crippen LogP contribution >= 0.6 is 11.8 Å². The zero-order chi connectivity index (χ0) is 12.0. The SMILES string of the molecule is CSCC(=O)NC1(CC(=O)O)CCOCC1. The smallest absolute Gasteiger partial charge is 0.305 e. The fourth-order valence-electron chi connectivity index (χ4n) is 1.86. The second-order valence-electron chi connectivity index (χ2n) is 3.94. The number of ether oxygens (including phenoxy) is 1. The number of carbonyl (C=O) groups excluding carboxylic acids is 1. The van der Waals surface area contributed by atoms with E-state index in [-0.39, 0.29) is 12.3 Å². The molecule has 0 aromatic rings. The third-order valence-electron chi connectivity index (χ3n) is 2.62. The fourth-order valence-corrected chi connectivity index (χ4v) is 2.19. The van der Waals surface area contributed by atoms with Crippen molar-refractivity contribution in [3.63, 3.8) is 0 Å². The average Bonchev–Trinajstić information content (AvgIpc) is 2.17. The van der Waals surface area contributed by atoms with E-state index in [2.05, 4.69) is 5.32 Å². The van der Waals surface area contributed by atoms with E-state index in [1.807, 2.05) is 6.26 Å². The van der Waals surface area contributed by atoms with Crippen molar-refractivity contribution >= 4 is 23.6 Å². The van der Waals surface area contributed by atoms with Gasteiger partial charge in [0, 0.05) is 13.2 Å². The monoisotopic (exact) mass is 247 g/mol. The van der Waals surface area contributed by atoms with Gasteiger partial charge in [0.2, 0.25) is 5.91 Å². The van der Waals surface area contributed by atoms with Crippen molar-refractivity contribution in [1.29, 1.82) is 0 Å². The summed E-state index contributed by atoms with van der Waals surface area (Å²) >= 11 is 1.43. The average molecular weight is 247 g/mol. The minimum absolute atomic E-state index is 0.0313. The number of nitrogens with one attached hydrogen (secondary N) is 1. The summed E-state index contributed by atoms with van der Waals surface area (Å²) in [6.45, 7) is 1.01. The summed E-state index contributed by atoms with van der Waals surface area (Å²) in [4.78, 5) is 22.3. The molecule has 92 valence electrons. The topological polar surface area (TPSA) is 75.6 Å². The number of thioether (sulfide) groups is 1. The number of hydrogen-bond donors (Lipinski definition) is 2. The number of carbonyl (C=O) groups is 2. The van der Waals surface area contributed by atoms with E-state index in [9.17, 15) is 9.59 Å². The number of aliphatic carboxylic acids is 1. The van der Waals surface area contributed by atoms with E-state index in [1.165, 1.54) is 11.8 Å². The molecule has 0 unspecified atom stereocenters. The molecule has 0 spiro atoms. The Morgan fingerprint density at radius 1 is 1.44 bits per heavy atom. The number of rotatable bonds is 5. The van der Waals surface area contributed by atoms with Crippen LogP contribution in [0.1, 0.15) is 19.3 Å². The second-order valence-corrected chi connectivity index (χ2v) is 4.81. The Hall–Kier alpha value is -0.750. The molecule has 1 aliphatic rings. The first-order valence-electron chi connectivity index (χ1n) is 5.17. The van der Waals surface area contributed by atoms with Crippen LogP contribution in [0.3, 0.4) is 0 Å². The van der Waals surface area contributed by atoms with Gasteiger partial charge >= 0.3 is 5.97 Å². The maximum Gasteiger partial charge on any atom is 0.305 e. The lowest BCUT2D eigenvalue weighted by Crippen LogP contribution is -2.53. The highest BCUT2D eigenvalue weighted by Gasteiger charge is 2.36. The number of carboxylic acid groups (broad SMARTS) is 1. The molecule has 2 N–H and O–H groups in total. The molecule has 0 bridgehead atoms. The summed E-state index contributed by atoms with van der Waals surface area (Å²) in [5, 5.41) is 11.7. The zero-order valence-corrected chi connectivity index (χ0v) is 10.1. The van der Waals surface area contributed by atoms with E-state index < -0.39 is 11.5 Å². The highest BCUT2D eigenvalue weighted by Crippen LogP contribution is 2.24. The number of amides is 1. The molecule has 0 aliphatic carbocycles. The first-order valence-corrected chi connectivity index (χ1v) is 6.57. The highest BCUT2D eigenvalue weighted by atomic mass is 32.2. The van der Waals surface area contributed by atoms with E-state index in [0.29, 0.717) is 31.8 Å². The van der Waals surface area contributed by atoms with Crippen LogP contribution in [-0.4, -0.2) is 47.7 Å². The van der Waals surface area contributed by atoms with Gasteiger partial charge in [-0.1, -0.05) is 0 Å². The summed E-state index contributed by atoms with van der Waals surface area (Å²) in [6.07, 6.45) is 2.95. The lowest BCUT2D eigenvalue weighted by molar-refractivity contribution is -0.140. The first kappa shape index (κ1) is 13.3. The molecule has 5 nitrogen and oxygen atoms in total. The lowest BCUT2D eigenvalue weighted by atomic mass is 9.86. The van der Waals surface area contributed by atoms with E-state index in [1.54, 1.807) is 0 Å². The third kappa shape index (κ3) is 4.02. The molecule has 1 amide bonds. The Bertz CT molecular complexity index is 264. The van der Waals surface area contributed by atoms with Crippen molar-refractivity contribution in [2.75, 3.05) is 25.2 Å². The van der Waals surface area contributed by atoms with Crippen molar-refractivity contribution in [2.24, 2.45) is 0 Å². The molecule has 0 atom stereocenters. The van der Waals surface area contributed by atoms with Crippen molar-refractivity contribution < 1.29 is 19.4 Å². The predicted molar refractivity (Wildman–Crippen MR) is 61.6 cm³/mol. The van der Waals surface area contributed by atoms with Gasteiger partial charge in [-0.25, -0.2) is 0 Å². The van der Waals surface area contributed by atoms with Crippen molar-refractivity contribution in [1.82, 2.24) is 5.32 Å². The highest BCUT2D eigenvalue weighted by molar-refractivity contribution is 7.99. The molecule has 1 rings (SSSR count). The van der Waals surface area contributed by atoms with E-state index in [0.717, 1.165) is 0 Å². The third-order valence-corrected chi connectivity index (χ3v) is 3.17. The molecule has 6 heteroatoms. The molecule has 0 aromatic carbocycles. The van der Waals surface area contributed by atoms with Crippen LogP contribution in [0, 0.1) is 0 Å². The summed E-state index contributed by atoms with van der Waals surface area (Å²) in [5.74, 6) is -0.621. The Balaban J connectivity index is 2.62. The van der Waals surface area contributed by atoms with Gasteiger partial charge in [-0.2, -0.15) is 11.8 Å². The predicted octanol–water partition coefficient (Wildman–Crippen LogP) is 0.489. The standard InChI is InChI=1S/C10H17NO4S/c1-16-7-8(12)11-10(6-9(13)14)2-4-15-5-3-10/h2-7H2,1H3,(H,11,12)(H,13,14). The Labute approximate surface area is 98.9 Å². The molecular weight excluding hydrogens is 230 g/mol. The van der Waals surface area contributed by atoms with Gasteiger partial charge in [0.05, 0.1) is 17.7 Å². The van der Waals surface area contributed by atoms with Crippen LogP contribution < -0.4 is 5.32 Å². The minimum atomic E-state index is -0.883.